The SMILES string of the molecule is CC(=O)NC(CSCc1ccc(I)cc1)C(=O)O. The first-order valence-corrected chi connectivity index (χ1v) is 7.54. The lowest BCUT2D eigenvalue weighted by Gasteiger charge is -2.12. The van der Waals surface area contributed by atoms with Gasteiger partial charge in [-0.3, -0.25) is 4.79 Å². The Bertz CT molecular complexity index is 422. The molecule has 0 spiro atoms. The number of carbonyl (C=O) groups excluding carboxylic acids is 1. The van der Waals surface area contributed by atoms with Gasteiger partial charge < -0.3 is 10.4 Å². The molecule has 0 saturated carbocycles. The predicted octanol–water partition coefficient (Wildman–Crippen LogP) is 2.11. The summed E-state index contributed by atoms with van der Waals surface area (Å²) in [6.45, 7) is 1.32. The van der Waals surface area contributed by atoms with E-state index in [1.165, 1.54) is 22.3 Å². The maximum absolute atomic E-state index is 10.9. The Kier molecular flexibility index (Phi) is 6.48. The van der Waals surface area contributed by atoms with Gasteiger partial charge in [0, 0.05) is 22.0 Å². The van der Waals surface area contributed by atoms with Crippen molar-refractivity contribution in [2.75, 3.05) is 5.75 Å². The van der Waals surface area contributed by atoms with Crippen molar-refractivity contribution >= 4 is 46.2 Å². The van der Waals surface area contributed by atoms with Crippen molar-refractivity contribution in [1.82, 2.24) is 5.32 Å². The highest BCUT2D eigenvalue weighted by atomic mass is 127. The minimum Gasteiger partial charge on any atom is -0.480 e. The first-order chi connectivity index (χ1) is 8.49. The number of hydrogen-bond acceptors (Lipinski definition) is 3. The summed E-state index contributed by atoms with van der Waals surface area (Å²) in [6, 6.07) is 7.24. The van der Waals surface area contributed by atoms with E-state index in [2.05, 4.69) is 27.9 Å². The largest absolute Gasteiger partial charge is 0.480 e. The Morgan fingerprint density at radius 3 is 2.50 bits per heavy atom. The minimum absolute atomic E-state index is 0.322. The molecule has 0 saturated heterocycles. The number of hydrogen-bond donors (Lipinski definition) is 2. The van der Waals surface area contributed by atoms with E-state index in [1.54, 1.807) is 0 Å². The number of nitrogens with one attached hydrogen (secondary N) is 1. The summed E-state index contributed by atoms with van der Waals surface area (Å²) in [5.74, 6) is -0.223. The topological polar surface area (TPSA) is 66.4 Å². The Hall–Kier alpha value is -0.760. The lowest BCUT2D eigenvalue weighted by Crippen LogP contribution is -2.41. The molecule has 1 amide bonds. The standard InChI is InChI=1S/C12H14INO3S/c1-8(15)14-11(12(16)17)7-18-6-9-2-4-10(13)5-3-9/h2-5,11H,6-7H2,1H3,(H,14,15)(H,16,17). The van der Waals surface area contributed by atoms with Crippen LogP contribution in [0.2, 0.25) is 0 Å². The van der Waals surface area contributed by atoms with Gasteiger partial charge in [-0.1, -0.05) is 12.1 Å². The number of amides is 1. The van der Waals surface area contributed by atoms with Crippen LogP contribution in [0.15, 0.2) is 24.3 Å². The summed E-state index contributed by atoms with van der Waals surface area (Å²) in [6.07, 6.45) is 0. The molecule has 2 N–H and O–H groups in total. The molecular formula is C12H14INO3S. The third kappa shape index (κ3) is 5.72. The Morgan fingerprint density at radius 1 is 1.39 bits per heavy atom. The van der Waals surface area contributed by atoms with E-state index in [4.69, 9.17) is 5.11 Å². The number of carboxylic acid groups (broad SMARTS) is 1. The molecule has 0 aliphatic heterocycles. The van der Waals surface area contributed by atoms with Crippen LogP contribution in [0.25, 0.3) is 0 Å². The summed E-state index contributed by atoms with van der Waals surface area (Å²) in [4.78, 5) is 21.7. The second-order valence-electron chi connectivity index (χ2n) is 3.73. The van der Waals surface area contributed by atoms with Gasteiger partial charge in [-0.05, 0) is 40.3 Å². The average Bonchev–Trinajstić information content (AvgIpc) is 2.29. The van der Waals surface area contributed by atoms with Crippen molar-refractivity contribution in [3.63, 3.8) is 0 Å². The highest BCUT2D eigenvalue weighted by molar-refractivity contribution is 14.1. The molecule has 0 aliphatic carbocycles. The Morgan fingerprint density at radius 2 is 2.00 bits per heavy atom. The molecule has 0 aromatic heterocycles. The second-order valence-corrected chi connectivity index (χ2v) is 6.01. The normalized spacial score (nSPS) is 11.9. The predicted molar refractivity (Wildman–Crippen MR) is 80.6 cm³/mol. The molecule has 0 heterocycles. The fraction of sp³-hybridized carbons (Fsp3) is 0.333. The van der Waals surface area contributed by atoms with E-state index in [0.717, 1.165) is 11.3 Å². The van der Waals surface area contributed by atoms with Crippen LogP contribution in [0.4, 0.5) is 0 Å². The summed E-state index contributed by atoms with van der Waals surface area (Å²) >= 11 is 3.73. The number of rotatable bonds is 6. The van der Waals surface area contributed by atoms with Gasteiger partial charge in [0.05, 0.1) is 0 Å². The van der Waals surface area contributed by atoms with Crippen molar-refractivity contribution in [3.05, 3.63) is 33.4 Å². The number of carbonyl (C=O) groups is 2. The number of benzene rings is 1. The first-order valence-electron chi connectivity index (χ1n) is 5.31. The van der Waals surface area contributed by atoms with Crippen LogP contribution in [0.1, 0.15) is 12.5 Å². The molecule has 0 fully saturated rings. The molecule has 1 unspecified atom stereocenters. The molecule has 18 heavy (non-hydrogen) atoms. The summed E-state index contributed by atoms with van der Waals surface area (Å²) in [5, 5.41) is 11.3. The van der Waals surface area contributed by atoms with Crippen LogP contribution >= 0.6 is 34.4 Å². The monoisotopic (exact) mass is 379 g/mol. The molecule has 1 aromatic rings. The second kappa shape index (κ2) is 7.63. The molecule has 1 aromatic carbocycles. The molecule has 1 atom stereocenters. The molecule has 0 radical (unpaired) electrons. The molecule has 0 bridgehead atoms. The molecule has 0 aliphatic rings. The molecule has 98 valence electrons. The number of carboxylic acids is 1. The van der Waals surface area contributed by atoms with E-state index in [0.29, 0.717) is 5.75 Å². The highest BCUT2D eigenvalue weighted by Gasteiger charge is 2.17. The quantitative estimate of drug-likeness (QED) is 0.744. The van der Waals surface area contributed by atoms with E-state index < -0.39 is 12.0 Å². The third-order valence-corrected chi connectivity index (χ3v) is 3.97. The van der Waals surface area contributed by atoms with Crippen molar-refractivity contribution < 1.29 is 14.7 Å². The van der Waals surface area contributed by atoms with Gasteiger partial charge in [-0.2, -0.15) is 11.8 Å². The van der Waals surface area contributed by atoms with Crippen molar-refractivity contribution in [1.29, 1.82) is 0 Å². The first kappa shape index (κ1) is 15.3. The lowest BCUT2D eigenvalue weighted by atomic mass is 10.2. The maximum atomic E-state index is 10.9. The van der Waals surface area contributed by atoms with Crippen molar-refractivity contribution in [3.8, 4) is 0 Å². The molecule has 6 heteroatoms. The van der Waals surface area contributed by atoms with Gasteiger partial charge in [0.2, 0.25) is 5.91 Å². The minimum atomic E-state index is -1.000. The average molecular weight is 379 g/mol. The molecule has 4 nitrogen and oxygen atoms in total. The van der Waals surface area contributed by atoms with Crippen LogP contribution in [0.5, 0.6) is 0 Å². The van der Waals surface area contributed by atoms with Crippen LogP contribution in [-0.2, 0) is 15.3 Å². The zero-order chi connectivity index (χ0) is 13.5. The van der Waals surface area contributed by atoms with Crippen LogP contribution in [0, 0.1) is 3.57 Å². The van der Waals surface area contributed by atoms with Gasteiger partial charge in [-0.15, -0.1) is 0 Å². The molecule has 1 rings (SSSR count). The number of halogens is 1. The van der Waals surface area contributed by atoms with Crippen LogP contribution in [0.3, 0.4) is 0 Å². The number of aliphatic carboxylic acids is 1. The van der Waals surface area contributed by atoms with E-state index in [-0.39, 0.29) is 5.91 Å². The highest BCUT2D eigenvalue weighted by Crippen LogP contribution is 2.15. The van der Waals surface area contributed by atoms with Gasteiger partial charge in [0.15, 0.2) is 0 Å². The zero-order valence-corrected chi connectivity index (χ0v) is 12.8. The smallest absolute Gasteiger partial charge is 0.327 e. The van der Waals surface area contributed by atoms with E-state index in [9.17, 15) is 9.59 Å². The summed E-state index contributed by atoms with van der Waals surface area (Å²) in [7, 11) is 0. The number of thioether (sulfide) groups is 1. The Balaban J connectivity index is 2.41. The van der Waals surface area contributed by atoms with Gasteiger partial charge in [0.25, 0.3) is 0 Å². The van der Waals surface area contributed by atoms with Crippen molar-refractivity contribution in [2.45, 2.75) is 18.7 Å². The van der Waals surface area contributed by atoms with Crippen LogP contribution < -0.4 is 5.32 Å². The van der Waals surface area contributed by atoms with E-state index in [1.807, 2.05) is 24.3 Å². The summed E-state index contributed by atoms with van der Waals surface area (Å²) in [5.41, 5.74) is 1.15. The van der Waals surface area contributed by atoms with Crippen LogP contribution in [-0.4, -0.2) is 28.8 Å². The summed E-state index contributed by atoms with van der Waals surface area (Å²) < 4.78 is 1.17. The van der Waals surface area contributed by atoms with Crippen molar-refractivity contribution in [2.24, 2.45) is 0 Å². The zero-order valence-electron chi connectivity index (χ0n) is 9.85. The fourth-order valence-corrected chi connectivity index (χ4v) is 2.66. The third-order valence-electron chi connectivity index (χ3n) is 2.14. The van der Waals surface area contributed by atoms with E-state index >= 15 is 0 Å². The van der Waals surface area contributed by atoms with Gasteiger partial charge >= 0.3 is 5.97 Å². The lowest BCUT2D eigenvalue weighted by molar-refractivity contribution is -0.140. The Labute approximate surface area is 124 Å². The van der Waals surface area contributed by atoms with Gasteiger partial charge in [-0.25, -0.2) is 4.79 Å². The molecular weight excluding hydrogens is 365 g/mol. The fourth-order valence-electron chi connectivity index (χ4n) is 1.30. The van der Waals surface area contributed by atoms with Gasteiger partial charge in [0.1, 0.15) is 6.04 Å². The maximum Gasteiger partial charge on any atom is 0.327 e.